The van der Waals surface area contributed by atoms with Crippen LogP contribution in [0.1, 0.15) is 54.8 Å². The average Bonchev–Trinajstić information content (AvgIpc) is 2.83. The molecule has 0 aromatic heterocycles. The molecule has 0 N–H and O–H groups in total. The summed E-state index contributed by atoms with van der Waals surface area (Å²) in [6, 6.07) is 26.2. The fourth-order valence-corrected chi connectivity index (χ4v) is 4.10. The third kappa shape index (κ3) is 4.73. The van der Waals surface area contributed by atoms with Gasteiger partial charge in [-0.25, -0.2) is 0 Å². The van der Waals surface area contributed by atoms with E-state index in [1.165, 1.54) is 0 Å². The third-order valence-electron chi connectivity index (χ3n) is 5.69. The molecule has 3 aromatic carbocycles. The molecule has 1 heterocycles. The van der Waals surface area contributed by atoms with Crippen LogP contribution in [-0.4, -0.2) is 17.4 Å². The van der Waals surface area contributed by atoms with E-state index < -0.39 is 23.1 Å². The van der Waals surface area contributed by atoms with Crippen molar-refractivity contribution in [2.24, 2.45) is 5.41 Å². The number of ether oxygens (including phenoxy) is 2. The zero-order valence-electron chi connectivity index (χ0n) is 19.7. The van der Waals surface area contributed by atoms with Crippen molar-refractivity contribution >= 4 is 17.8 Å². The van der Waals surface area contributed by atoms with Crippen molar-refractivity contribution in [2.45, 2.75) is 38.9 Å². The number of rotatable bonds is 5. The van der Waals surface area contributed by atoms with E-state index in [9.17, 15) is 9.59 Å². The van der Waals surface area contributed by atoms with Crippen molar-refractivity contribution in [2.75, 3.05) is 0 Å². The molecule has 0 bridgehead atoms. The van der Waals surface area contributed by atoms with Crippen LogP contribution < -0.4 is 4.74 Å². The summed E-state index contributed by atoms with van der Waals surface area (Å²) in [6.07, 6.45) is 2.78. The standard InChI is InChI=1S/C30H28O4/c1-29(2,3)34-28(32)30(21-13-12-16-22-14-6-4-7-15-22)26(31)24-19-10-11-20-25(24)33-27(30)23-17-8-5-9-18-23/h4-11,13-20,27H,21H2,1-3H3. The Morgan fingerprint density at radius 1 is 0.971 bits per heavy atom. The molecule has 4 rings (SSSR count). The smallest absolute Gasteiger partial charge is 0.325 e. The Labute approximate surface area is 200 Å². The number of Topliss-reactive ketones (excluding diaryl/α,β-unsaturated/α-hetero) is 1. The molecule has 4 heteroatoms. The molecular formula is C30H28O4. The quantitative estimate of drug-likeness (QED) is 0.249. The molecule has 2 unspecified atom stereocenters. The average molecular weight is 453 g/mol. The normalized spacial score (nSPS) is 19.3. The second-order valence-electron chi connectivity index (χ2n) is 9.34. The predicted octanol–water partition coefficient (Wildman–Crippen LogP) is 6.59. The van der Waals surface area contributed by atoms with Crippen LogP contribution in [0, 0.1) is 5.41 Å². The van der Waals surface area contributed by atoms with E-state index in [0.29, 0.717) is 11.3 Å². The van der Waals surface area contributed by atoms with E-state index >= 15 is 0 Å². The molecule has 34 heavy (non-hydrogen) atoms. The molecule has 4 nitrogen and oxygen atoms in total. The number of para-hydroxylation sites is 1. The Balaban J connectivity index is 1.85. The highest BCUT2D eigenvalue weighted by atomic mass is 16.6. The fourth-order valence-electron chi connectivity index (χ4n) is 4.10. The lowest BCUT2D eigenvalue weighted by atomic mass is 9.69. The molecule has 2 atom stereocenters. The predicted molar refractivity (Wildman–Crippen MR) is 132 cm³/mol. The Morgan fingerprint density at radius 3 is 2.26 bits per heavy atom. The molecule has 0 saturated carbocycles. The zero-order valence-corrected chi connectivity index (χ0v) is 19.7. The molecule has 1 aliphatic rings. The van der Waals surface area contributed by atoms with Gasteiger partial charge in [-0.3, -0.25) is 9.59 Å². The fraction of sp³-hybridized carbons (Fsp3) is 0.233. The van der Waals surface area contributed by atoms with Crippen molar-refractivity contribution in [3.63, 3.8) is 0 Å². The van der Waals surface area contributed by atoms with Gasteiger partial charge in [0.1, 0.15) is 17.5 Å². The summed E-state index contributed by atoms with van der Waals surface area (Å²) in [4.78, 5) is 27.9. The minimum atomic E-state index is -1.60. The van der Waals surface area contributed by atoms with Crippen LogP contribution in [-0.2, 0) is 9.53 Å². The van der Waals surface area contributed by atoms with Crippen LogP contribution in [0.3, 0.4) is 0 Å². The first-order valence-corrected chi connectivity index (χ1v) is 11.4. The van der Waals surface area contributed by atoms with Crippen molar-refractivity contribution in [1.82, 2.24) is 0 Å². The first kappa shape index (κ1) is 23.3. The number of allylic oxidation sites excluding steroid dienone is 1. The first-order chi connectivity index (χ1) is 16.3. The molecule has 172 valence electrons. The lowest BCUT2D eigenvalue weighted by Gasteiger charge is -2.42. The molecule has 0 saturated heterocycles. The largest absolute Gasteiger partial charge is 0.483 e. The van der Waals surface area contributed by atoms with Crippen LogP contribution in [0.5, 0.6) is 5.75 Å². The summed E-state index contributed by atoms with van der Waals surface area (Å²) < 4.78 is 12.2. The molecular weight excluding hydrogens is 424 g/mol. The highest BCUT2D eigenvalue weighted by Gasteiger charge is 2.58. The lowest BCUT2D eigenvalue weighted by molar-refractivity contribution is -0.170. The second kappa shape index (κ2) is 9.54. The van der Waals surface area contributed by atoms with Gasteiger partial charge in [0.15, 0.2) is 11.2 Å². The Bertz CT molecular complexity index is 1230. The van der Waals surface area contributed by atoms with E-state index in [1.54, 1.807) is 45.0 Å². The number of ketones is 1. The molecule has 0 spiro atoms. The molecule has 0 fully saturated rings. The third-order valence-corrected chi connectivity index (χ3v) is 5.69. The number of fused-ring (bicyclic) bond motifs is 1. The van der Waals surface area contributed by atoms with Crippen molar-refractivity contribution in [1.29, 1.82) is 0 Å². The zero-order chi connectivity index (χ0) is 24.2. The summed E-state index contributed by atoms with van der Waals surface area (Å²) in [6.45, 7) is 5.39. The van der Waals surface area contributed by atoms with E-state index in [1.807, 2.05) is 72.8 Å². The number of benzene rings is 3. The van der Waals surface area contributed by atoms with Gasteiger partial charge in [-0.05, 0) is 56.2 Å². The van der Waals surface area contributed by atoms with Gasteiger partial charge in [-0.2, -0.15) is 0 Å². The number of hydrogen-bond acceptors (Lipinski definition) is 4. The van der Waals surface area contributed by atoms with Crippen LogP contribution in [0.4, 0.5) is 0 Å². The van der Waals surface area contributed by atoms with Crippen LogP contribution in [0.2, 0.25) is 0 Å². The number of hydrogen-bond donors (Lipinski definition) is 0. The highest BCUT2D eigenvalue weighted by Crippen LogP contribution is 2.50. The van der Waals surface area contributed by atoms with Gasteiger partial charge < -0.3 is 9.47 Å². The van der Waals surface area contributed by atoms with E-state index in [-0.39, 0.29) is 12.2 Å². The Kier molecular flexibility index (Phi) is 6.54. The molecule has 3 aromatic rings. The van der Waals surface area contributed by atoms with Gasteiger partial charge in [0.25, 0.3) is 0 Å². The topological polar surface area (TPSA) is 52.6 Å². The van der Waals surface area contributed by atoms with Crippen LogP contribution in [0.15, 0.2) is 96.7 Å². The lowest BCUT2D eigenvalue weighted by Crippen LogP contribution is -2.51. The molecule has 0 aliphatic carbocycles. The van der Waals surface area contributed by atoms with Gasteiger partial charge in [0.05, 0.1) is 5.56 Å². The minimum Gasteiger partial charge on any atom is -0.483 e. The molecule has 1 aliphatic heterocycles. The minimum absolute atomic E-state index is 0.0813. The van der Waals surface area contributed by atoms with Crippen molar-refractivity contribution < 1.29 is 19.1 Å². The van der Waals surface area contributed by atoms with Crippen LogP contribution in [0.25, 0.3) is 6.08 Å². The molecule has 0 amide bonds. The summed E-state index contributed by atoms with van der Waals surface area (Å²) in [7, 11) is 0. The van der Waals surface area contributed by atoms with Gasteiger partial charge in [-0.1, -0.05) is 72.8 Å². The Hall–Kier alpha value is -3.88. The maximum Gasteiger partial charge on any atom is 0.325 e. The highest BCUT2D eigenvalue weighted by molar-refractivity contribution is 6.15. The number of carbonyl (C=O) groups is 2. The summed E-state index contributed by atoms with van der Waals surface area (Å²) in [5.41, 5.74) is 2.86. The SMILES string of the molecule is CC(C)(C)OC(=O)C1(CC=C=Cc2ccccc2)C(=O)c2ccccc2OC1c1ccccc1. The summed E-state index contributed by atoms with van der Waals surface area (Å²) in [5, 5.41) is 0. The van der Waals surface area contributed by atoms with Crippen molar-refractivity contribution in [3.05, 3.63) is 113 Å². The Morgan fingerprint density at radius 2 is 1.59 bits per heavy atom. The maximum atomic E-state index is 14.1. The van der Waals surface area contributed by atoms with Gasteiger partial charge in [0.2, 0.25) is 0 Å². The summed E-state index contributed by atoms with van der Waals surface area (Å²) >= 11 is 0. The van der Waals surface area contributed by atoms with E-state index in [4.69, 9.17) is 9.47 Å². The first-order valence-electron chi connectivity index (χ1n) is 11.4. The van der Waals surface area contributed by atoms with E-state index in [0.717, 1.165) is 11.1 Å². The van der Waals surface area contributed by atoms with Crippen LogP contribution >= 0.6 is 0 Å². The molecule has 0 radical (unpaired) electrons. The van der Waals surface area contributed by atoms with Gasteiger partial charge in [-0.15, -0.1) is 5.73 Å². The van der Waals surface area contributed by atoms with Gasteiger partial charge in [0, 0.05) is 6.42 Å². The monoisotopic (exact) mass is 452 g/mol. The maximum absolute atomic E-state index is 14.1. The van der Waals surface area contributed by atoms with E-state index in [2.05, 4.69) is 5.73 Å². The van der Waals surface area contributed by atoms with Gasteiger partial charge >= 0.3 is 5.97 Å². The summed E-state index contributed by atoms with van der Waals surface area (Å²) in [5.74, 6) is -0.453. The number of carbonyl (C=O) groups excluding carboxylic acids is 2. The second-order valence-corrected chi connectivity index (χ2v) is 9.34. The van der Waals surface area contributed by atoms with Crippen molar-refractivity contribution in [3.8, 4) is 5.75 Å². The number of esters is 1.